The van der Waals surface area contributed by atoms with Crippen molar-refractivity contribution in [3.8, 4) is 28.1 Å². The second-order valence-electron chi connectivity index (χ2n) is 17.0. The van der Waals surface area contributed by atoms with Gasteiger partial charge in [-0.25, -0.2) is 0 Å². The van der Waals surface area contributed by atoms with Crippen LogP contribution in [0.5, 0.6) is 0 Å². The van der Waals surface area contributed by atoms with Gasteiger partial charge in [0.1, 0.15) is 0 Å². The van der Waals surface area contributed by atoms with Crippen molar-refractivity contribution < 1.29 is 0 Å². The Balaban J connectivity index is 0.877. The number of benzene rings is 9. The zero-order valence-electron chi connectivity index (χ0n) is 34.2. The summed E-state index contributed by atoms with van der Waals surface area (Å²) in [7, 11) is 0. The number of rotatable bonds is 4. The highest BCUT2D eigenvalue weighted by Gasteiger charge is 2.24. The molecule has 1 aliphatic carbocycles. The lowest BCUT2D eigenvalue weighted by Gasteiger charge is -2.20. The van der Waals surface area contributed by atoms with Crippen LogP contribution in [-0.2, 0) is 6.42 Å². The molecular formula is C59H37N3S. The Morgan fingerprint density at radius 3 is 1.67 bits per heavy atom. The zero-order valence-corrected chi connectivity index (χ0v) is 35.0. The summed E-state index contributed by atoms with van der Waals surface area (Å²) in [6.07, 6.45) is 6.44. The minimum atomic E-state index is 0.952. The number of aromatic nitrogens is 3. The van der Waals surface area contributed by atoms with Gasteiger partial charge in [0.2, 0.25) is 0 Å². The smallest absolute Gasteiger partial charge is 0.0709 e. The molecule has 0 spiro atoms. The number of fused-ring (bicyclic) bond motifs is 15. The third kappa shape index (κ3) is 5.16. The minimum absolute atomic E-state index is 0.952. The van der Waals surface area contributed by atoms with Crippen LogP contribution in [-0.4, -0.2) is 14.1 Å². The third-order valence-electron chi connectivity index (χ3n) is 13.6. The highest BCUT2D eigenvalue weighted by Crippen LogP contribution is 2.43. The molecule has 294 valence electrons. The van der Waals surface area contributed by atoms with Crippen molar-refractivity contribution >= 4 is 108 Å². The minimum Gasteiger partial charge on any atom is -0.313 e. The predicted molar refractivity (Wildman–Crippen MR) is 269 cm³/mol. The average Bonchev–Trinajstić information content (AvgIpc) is 4.01. The number of thiophene rings is 1. The fourth-order valence-electron chi connectivity index (χ4n) is 10.8. The second-order valence-corrected chi connectivity index (χ2v) is 18.1. The van der Waals surface area contributed by atoms with Crippen LogP contribution >= 0.6 is 11.3 Å². The lowest BCUT2D eigenvalue weighted by molar-refractivity contribution is 0.874. The normalized spacial score (nSPS) is 13.0. The molecule has 0 unspecified atom stereocenters. The van der Waals surface area contributed by atoms with Crippen LogP contribution in [0.4, 0.5) is 0 Å². The number of hydrogen-bond donors (Lipinski definition) is 0. The van der Waals surface area contributed by atoms with Gasteiger partial charge >= 0.3 is 0 Å². The molecule has 4 heteroatoms. The molecule has 0 radical (unpaired) electrons. The van der Waals surface area contributed by atoms with Crippen molar-refractivity contribution in [2.45, 2.75) is 12.8 Å². The van der Waals surface area contributed by atoms with E-state index in [-0.39, 0.29) is 0 Å². The zero-order chi connectivity index (χ0) is 41.2. The Labute approximate surface area is 367 Å². The standard InChI is InChI=1S/C59H37N3S/c1-2-16-43-41(14-1)42-15-3-4-17-44(42)49-31-37(24-27-45(43)49)36-12-11-13-38(30-36)53-34-52-51-33-40(26-29-58(51)63-59(52)35-60-53)62-56-23-10-7-20-48(56)50-32-39(25-28-57(50)62)61-54-21-8-5-18-46(54)47-19-6-9-22-55(47)61/h1-24,26-27,29-35H,25,28H2. The number of allylic oxidation sites excluding steroid dienone is 1. The van der Waals surface area contributed by atoms with Crippen LogP contribution in [0.3, 0.4) is 0 Å². The third-order valence-corrected chi connectivity index (χ3v) is 14.8. The van der Waals surface area contributed by atoms with Crippen molar-refractivity contribution in [2.24, 2.45) is 0 Å². The maximum absolute atomic E-state index is 5.07. The van der Waals surface area contributed by atoms with E-state index in [0.29, 0.717) is 0 Å². The maximum Gasteiger partial charge on any atom is 0.0709 e. The number of para-hydroxylation sites is 3. The van der Waals surface area contributed by atoms with Crippen LogP contribution in [0, 0.1) is 0 Å². The Bertz CT molecular complexity index is 4010. The summed E-state index contributed by atoms with van der Waals surface area (Å²) in [5, 5.41) is 14.2. The van der Waals surface area contributed by atoms with E-state index in [0.717, 1.165) is 24.1 Å². The molecule has 0 N–H and O–H groups in total. The fraction of sp³-hybridized carbons (Fsp3) is 0.0339. The van der Waals surface area contributed by atoms with Crippen molar-refractivity contribution in [3.05, 3.63) is 206 Å². The van der Waals surface area contributed by atoms with E-state index < -0.39 is 0 Å². The summed E-state index contributed by atoms with van der Waals surface area (Å²) in [5.74, 6) is 0. The SMILES string of the molecule is C1=C(n2c3ccccc3c3ccccc32)CCc2c1c1ccccc1n2-c1ccc2sc3cnc(-c4cccc(-c5ccc6c7ccccc7c7ccccc7c6c5)c4)cc3c2c1. The largest absolute Gasteiger partial charge is 0.313 e. The van der Waals surface area contributed by atoms with E-state index in [9.17, 15) is 0 Å². The molecule has 14 rings (SSSR count). The summed E-state index contributed by atoms with van der Waals surface area (Å²) in [4.78, 5) is 5.07. The van der Waals surface area contributed by atoms with Gasteiger partial charge in [-0.1, -0.05) is 133 Å². The lowest BCUT2D eigenvalue weighted by atomic mass is 9.91. The van der Waals surface area contributed by atoms with E-state index in [1.54, 1.807) is 0 Å². The molecule has 0 amide bonds. The Hall–Kier alpha value is -7.79. The van der Waals surface area contributed by atoms with E-state index in [1.807, 2.05) is 11.3 Å². The Morgan fingerprint density at radius 1 is 0.381 bits per heavy atom. The molecule has 13 aromatic rings. The maximum atomic E-state index is 5.07. The molecule has 1 aliphatic rings. The van der Waals surface area contributed by atoms with Crippen molar-refractivity contribution in [2.75, 3.05) is 0 Å². The Kier molecular flexibility index (Phi) is 7.39. The van der Waals surface area contributed by atoms with E-state index in [1.165, 1.54) is 119 Å². The number of nitrogens with zero attached hydrogens (tertiary/aromatic N) is 3. The Morgan fingerprint density at radius 2 is 0.952 bits per heavy atom. The average molecular weight is 820 g/mol. The molecule has 0 saturated heterocycles. The van der Waals surface area contributed by atoms with Gasteiger partial charge in [0.25, 0.3) is 0 Å². The van der Waals surface area contributed by atoms with Crippen LogP contribution in [0.25, 0.3) is 125 Å². The summed E-state index contributed by atoms with van der Waals surface area (Å²) in [5.41, 5.74) is 13.5. The highest BCUT2D eigenvalue weighted by molar-refractivity contribution is 7.25. The first-order chi connectivity index (χ1) is 31.2. The molecule has 0 bridgehead atoms. The van der Waals surface area contributed by atoms with Crippen molar-refractivity contribution in [3.63, 3.8) is 0 Å². The summed E-state index contributed by atoms with van der Waals surface area (Å²) < 4.78 is 7.49. The summed E-state index contributed by atoms with van der Waals surface area (Å²) in [6.45, 7) is 0. The summed E-state index contributed by atoms with van der Waals surface area (Å²) in [6, 6.07) is 69.4. The van der Waals surface area contributed by atoms with Gasteiger partial charge in [0, 0.05) is 66.0 Å². The van der Waals surface area contributed by atoms with Crippen LogP contribution < -0.4 is 0 Å². The van der Waals surface area contributed by atoms with Gasteiger partial charge in [-0.3, -0.25) is 4.98 Å². The second kappa shape index (κ2) is 13.4. The van der Waals surface area contributed by atoms with Crippen molar-refractivity contribution in [1.82, 2.24) is 14.1 Å². The number of pyridine rings is 1. The molecule has 0 saturated carbocycles. The van der Waals surface area contributed by atoms with E-state index in [4.69, 9.17) is 4.98 Å². The van der Waals surface area contributed by atoms with Crippen molar-refractivity contribution in [1.29, 1.82) is 0 Å². The first-order valence-electron chi connectivity index (χ1n) is 21.8. The quantitative estimate of drug-likeness (QED) is 0.162. The van der Waals surface area contributed by atoms with Crippen LogP contribution in [0.15, 0.2) is 194 Å². The molecule has 0 aliphatic heterocycles. The van der Waals surface area contributed by atoms with Gasteiger partial charge in [-0.2, -0.15) is 0 Å². The van der Waals surface area contributed by atoms with Crippen LogP contribution in [0.2, 0.25) is 0 Å². The molecule has 4 aromatic heterocycles. The highest BCUT2D eigenvalue weighted by atomic mass is 32.1. The van der Waals surface area contributed by atoms with Gasteiger partial charge in [-0.15, -0.1) is 11.3 Å². The molecule has 0 fully saturated rings. The summed E-state index contributed by atoms with van der Waals surface area (Å²) >= 11 is 1.82. The molecule has 0 atom stereocenters. The van der Waals surface area contributed by atoms with Crippen LogP contribution in [0.1, 0.15) is 17.7 Å². The molecule has 4 heterocycles. The number of hydrogen-bond acceptors (Lipinski definition) is 2. The first kappa shape index (κ1) is 34.9. The molecule has 63 heavy (non-hydrogen) atoms. The van der Waals surface area contributed by atoms with Gasteiger partial charge < -0.3 is 9.13 Å². The molecular weight excluding hydrogens is 783 g/mol. The monoisotopic (exact) mass is 819 g/mol. The first-order valence-corrected chi connectivity index (χ1v) is 22.6. The molecule has 9 aromatic carbocycles. The van der Waals surface area contributed by atoms with Gasteiger partial charge in [0.15, 0.2) is 0 Å². The predicted octanol–water partition coefficient (Wildman–Crippen LogP) is 16.2. The van der Waals surface area contributed by atoms with E-state index >= 15 is 0 Å². The van der Waals surface area contributed by atoms with E-state index in [2.05, 4.69) is 209 Å². The van der Waals surface area contributed by atoms with Gasteiger partial charge in [-0.05, 0) is 117 Å². The van der Waals surface area contributed by atoms with Gasteiger partial charge in [0.05, 0.1) is 26.9 Å². The topological polar surface area (TPSA) is 22.8 Å². The lowest BCUT2D eigenvalue weighted by Crippen LogP contribution is -2.08. The molecule has 3 nitrogen and oxygen atoms in total. The fourth-order valence-corrected chi connectivity index (χ4v) is 11.9.